The number of anilines is 1. The lowest BCUT2D eigenvalue weighted by Crippen LogP contribution is -2.39. The lowest BCUT2D eigenvalue weighted by molar-refractivity contribution is -0.119. The molecule has 1 saturated carbocycles. The Labute approximate surface area is 152 Å². The summed E-state index contributed by atoms with van der Waals surface area (Å²) in [6, 6.07) is -0.0708. The first-order valence-corrected chi connectivity index (χ1v) is 9.99. The molecule has 0 radical (unpaired) electrons. The van der Waals surface area contributed by atoms with Crippen LogP contribution in [0.2, 0.25) is 5.15 Å². The molecule has 24 heavy (non-hydrogen) atoms. The van der Waals surface area contributed by atoms with Gasteiger partial charge in [-0.3, -0.25) is 9.69 Å². The van der Waals surface area contributed by atoms with Crippen LogP contribution in [-0.2, 0) is 4.79 Å². The number of nitriles is 1. The molecule has 1 N–H and O–H groups in total. The number of nitrogens with zero attached hydrogens (tertiary/aromatic N) is 3. The SMILES string of the molecule is N#CN[C@H]1CCCCN(c2nc(Cl)c(C3CCCCC3)s2)C(=O)C1. The van der Waals surface area contributed by atoms with Gasteiger partial charge in [0.25, 0.3) is 0 Å². The van der Waals surface area contributed by atoms with Crippen molar-refractivity contribution in [2.24, 2.45) is 0 Å². The van der Waals surface area contributed by atoms with E-state index in [1.165, 1.54) is 32.1 Å². The second-order valence-corrected chi connectivity index (χ2v) is 8.05. The Kier molecular flexibility index (Phi) is 5.96. The fourth-order valence-electron chi connectivity index (χ4n) is 3.66. The van der Waals surface area contributed by atoms with Crippen molar-refractivity contribution in [3.63, 3.8) is 0 Å². The standard InChI is InChI=1S/C17H23ClN4OS/c18-16-15(12-6-2-1-3-7-12)24-17(21-16)22-9-5-4-8-13(20-11-19)10-14(22)23/h12-13,20H,1-10H2/t13-/m0/s1. The molecule has 0 spiro atoms. The monoisotopic (exact) mass is 366 g/mol. The van der Waals surface area contributed by atoms with Crippen LogP contribution < -0.4 is 10.2 Å². The third-order valence-electron chi connectivity index (χ3n) is 4.98. The number of aromatic nitrogens is 1. The van der Waals surface area contributed by atoms with E-state index in [4.69, 9.17) is 16.9 Å². The molecule has 3 rings (SSSR count). The van der Waals surface area contributed by atoms with Crippen molar-refractivity contribution < 1.29 is 4.79 Å². The second kappa shape index (κ2) is 8.17. The highest BCUT2D eigenvalue weighted by Crippen LogP contribution is 2.42. The fraction of sp³-hybridized carbons (Fsp3) is 0.706. The molecule has 1 aliphatic heterocycles. The number of amides is 1. The minimum Gasteiger partial charge on any atom is -0.320 e. The zero-order valence-corrected chi connectivity index (χ0v) is 15.3. The van der Waals surface area contributed by atoms with Crippen LogP contribution in [0.3, 0.4) is 0 Å². The Morgan fingerprint density at radius 2 is 1.96 bits per heavy atom. The highest BCUT2D eigenvalue weighted by molar-refractivity contribution is 7.16. The highest BCUT2D eigenvalue weighted by Gasteiger charge is 2.28. The van der Waals surface area contributed by atoms with Gasteiger partial charge < -0.3 is 5.32 Å². The van der Waals surface area contributed by atoms with Gasteiger partial charge in [-0.1, -0.05) is 42.2 Å². The van der Waals surface area contributed by atoms with E-state index in [0.717, 1.165) is 29.3 Å². The van der Waals surface area contributed by atoms with Crippen molar-refractivity contribution in [2.75, 3.05) is 11.4 Å². The molecule has 5 nitrogen and oxygen atoms in total. The molecule has 7 heteroatoms. The minimum atomic E-state index is -0.0708. The van der Waals surface area contributed by atoms with Crippen LogP contribution in [0.15, 0.2) is 0 Å². The first-order chi connectivity index (χ1) is 11.7. The summed E-state index contributed by atoms with van der Waals surface area (Å²) in [6.45, 7) is 0.687. The largest absolute Gasteiger partial charge is 0.320 e. The zero-order valence-electron chi connectivity index (χ0n) is 13.8. The van der Waals surface area contributed by atoms with Gasteiger partial charge >= 0.3 is 0 Å². The van der Waals surface area contributed by atoms with E-state index in [-0.39, 0.29) is 11.9 Å². The molecular formula is C17H23ClN4OS. The summed E-state index contributed by atoms with van der Waals surface area (Å²) >= 11 is 7.99. The minimum absolute atomic E-state index is 0.0306. The molecule has 0 unspecified atom stereocenters. The van der Waals surface area contributed by atoms with Gasteiger partial charge in [0.15, 0.2) is 11.3 Å². The molecule has 2 heterocycles. The van der Waals surface area contributed by atoms with Crippen LogP contribution in [-0.4, -0.2) is 23.5 Å². The zero-order chi connectivity index (χ0) is 16.9. The molecular weight excluding hydrogens is 344 g/mol. The van der Waals surface area contributed by atoms with Gasteiger partial charge in [-0.2, -0.15) is 5.26 Å². The number of carbonyl (C=O) groups excluding carboxylic acids is 1. The molecule has 0 bridgehead atoms. The summed E-state index contributed by atoms with van der Waals surface area (Å²) in [5.74, 6) is 0.526. The molecule has 2 aliphatic rings. The lowest BCUT2D eigenvalue weighted by atomic mass is 9.88. The van der Waals surface area contributed by atoms with Crippen molar-refractivity contribution in [2.45, 2.75) is 69.7 Å². The smallest absolute Gasteiger partial charge is 0.230 e. The number of rotatable bonds is 3. The fourth-order valence-corrected chi connectivity index (χ4v) is 5.23. The summed E-state index contributed by atoms with van der Waals surface area (Å²) in [5, 5.41) is 12.9. The van der Waals surface area contributed by atoms with Crippen molar-refractivity contribution in [1.82, 2.24) is 10.3 Å². The Morgan fingerprint density at radius 1 is 1.21 bits per heavy atom. The van der Waals surface area contributed by atoms with Crippen molar-refractivity contribution in [3.05, 3.63) is 10.0 Å². The maximum atomic E-state index is 12.6. The summed E-state index contributed by atoms with van der Waals surface area (Å²) in [4.78, 5) is 20.1. The van der Waals surface area contributed by atoms with E-state index >= 15 is 0 Å². The third-order valence-corrected chi connectivity index (χ3v) is 6.62. The molecule has 1 aliphatic carbocycles. The molecule has 1 saturated heterocycles. The van der Waals surface area contributed by atoms with Gasteiger partial charge in [0, 0.05) is 23.9 Å². The third kappa shape index (κ3) is 4.01. The normalized spacial score (nSPS) is 23.4. The van der Waals surface area contributed by atoms with Gasteiger partial charge in [0.2, 0.25) is 5.91 Å². The summed E-state index contributed by atoms with van der Waals surface area (Å²) in [5.41, 5.74) is 0. The molecule has 2 fully saturated rings. The first kappa shape index (κ1) is 17.5. The van der Waals surface area contributed by atoms with Crippen LogP contribution in [0.25, 0.3) is 0 Å². The number of hydrogen-bond donors (Lipinski definition) is 1. The Morgan fingerprint density at radius 3 is 2.71 bits per heavy atom. The Balaban J connectivity index is 1.76. The maximum absolute atomic E-state index is 12.6. The van der Waals surface area contributed by atoms with E-state index in [0.29, 0.717) is 24.0 Å². The second-order valence-electron chi connectivity index (χ2n) is 6.68. The van der Waals surface area contributed by atoms with Crippen molar-refractivity contribution in [3.8, 4) is 6.19 Å². The molecule has 1 atom stereocenters. The van der Waals surface area contributed by atoms with E-state index in [9.17, 15) is 4.79 Å². The summed E-state index contributed by atoms with van der Waals surface area (Å²) in [7, 11) is 0. The number of carbonyl (C=O) groups is 1. The van der Waals surface area contributed by atoms with Gasteiger partial charge in [-0.05, 0) is 38.0 Å². The van der Waals surface area contributed by atoms with Crippen LogP contribution >= 0.6 is 22.9 Å². The van der Waals surface area contributed by atoms with Crippen LogP contribution in [0, 0.1) is 11.5 Å². The Bertz CT molecular complexity index is 621. The first-order valence-electron chi connectivity index (χ1n) is 8.80. The average Bonchev–Trinajstić information content (AvgIpc) is 2.95. The number of hydrogen-bond acceptors (Lipinski definition) is 5. The topological polar surface area (TPSA) is 69.0 Å². The van der Waals surface area contributed by atoms with Gasteiger partial charge in [-0.25, -0.2) is 4.98 Å². The molecule has 1 aromatic heterocycles. The molecule has 130 valence electrons. The number of halogens is 1. The Hall–Kier alpha value is -1.32. The quantitative estimate of drug-likeness (QED) is 0.643. The highest BCUT2D eigenvalue weighted by atomic mass is 35.5. The predicted molar refractivity (Wildman–Crippen MR) is 96.3 cm³/mol. The maximum Gasteiger partial charge on any atom is 0.230 e. The van der Waals surface area contributed by atoms with Crippen molar-refractivity contribution in [1.29, 1.82) is 5.26 Å². The summed E-state index contributed by atoms with van der Waals surface area (Å²) in [6.07, 6.45) is 11.2. The summed E-state index contributed by atoms with van der Waals surface area (Å²) < 4.78 is 0. The van der Waals surface area contributed by atoms with E-state index in [1.54, 1.807) is 16.2 Å². The van der Waals surface area contributed by atoms with Gasteiger partial charge in [0.1, 0.15) is 5.15 Å². The molecule has 1 aromatic rings. The molecule has 0 aromatic carbocycles. The van der Waals surface area contributed by atoms with E-state index < -0.39 is 0 Å². The van der Waals surface area contributed by atoms with Gasteiger partial charge in [-0.15, -0.1) is 0 Å². The van der Waals surface area contributed by atoms with E-state index in [2.05, 4.69) is 10.3 Å². The number of nitrogens with one attached hydrogen (secondary N) is 1. The van der Waals surface area contributed by atoms with Crippen LogP contribution in [0.4, 0.5) is 5.13 Å². The van der Waals surface area contributed by atoms with E-state index in [1.807, 2.05) is 6.19 Å². The van der Waals surface area contributed by atoms with Crippen LogP contribution in [0.1, 0.15) is 68.6 Å². The van der Waals surface area contributed by atoms with Crippen molar-refractivity contribution >= 4 is 34.0 Å². The van der Waals surface area contributed by atoms with Gasteiger partial charge in [0.05, 0.1) is 0 Å². The molecule has 1 amide bonds. The van der Waals surface area contributed by atoms with Crippen LogP contribution in [0.5, 0.6) is 0 Å². The number of thiazole rings is 1. The lowest BCUT2D eigenvalue weighted by Gasteiger charge is -2.26. The average molecular weight is 367 g/mol. The predicted octanol–water partition coefficient (Wildman–Crippen LogP) is 4.19.